The minimum Gasteiger partial charge on any atom is -0.376 e. The topological polar surface area (TPSA) is 90.5 Å². The van der Waals surface area contributed by atoms with Gasteiger partial charge < -0.3 is 20.9 Å². The second-order valence-corrected chi connectivity index (χ2v) is 8.07. The first kappa shape index (κ1) is 23.3. The Balaban J connectivity index is 1.53. The maximum absolute atomic E-state index is 12.7. The van der Waals surface area contributed by atoms with Crippen LogP contribution < -0.4 is 16.0 Å². The van der Waals surface area contributed by atoms with E-state index < -0.39 is 0 Å². The van der Waals surface area contributed by atoms with Crippen LogP contribution in [0.1, 0.15) is 54.9 Å². The first-order chi connectivity index (χ1) is 15.5. The molecular formula is C25H32N4O3. The van der Waals surface area contributed by atoms with Gasteiger partial charge in [-0.3, -0.25) is 14.4 Å². The van der Waals surface area contributed by atoms with E-state index in [-0.39, 0.29) is 24.3 Å². The van der Waals surface area contributed by atoms with E-state index in [2.05, 4.69) is 16.0 Å². The van der Waals surface area contributed by atoms with Crippen LogP contribution >= 0.6 is 0 Å². The molecule has 7 heteroatoms. The van der Waals surface area contributed by atoms with E-state index in [9.17, 15) is 14.4 Å². The van der Waals surface area contributed by atoms with Crippen LogP contribution in [0.2, 0.25) is 0 Å². The van der Waals surface area contributed by atoms with E-state index in [1.54, 1.807) is 31.2 Å². The van der Waals surface area contributed by atoms with Gasteiger partial charge in [-0.1, -0.05) is 25.8 Å². The summed E-state index contributed by atoms with van der Waals surface area (Å²) < 4.78 is 0. The molecule has 3 N–H and O–H groups in total. The lowest BCUT2D eigenvalue weighted by atomic mass is 10.1. The summed E-state index contributed by atoms with van der Waals surface area (Å²) in [6.45, 7) is 5.38. The second kappa shape index (κ2) is 11.3. The molecule has 2 aromatic carbocycles. The zero-order valence-corrected chi connectivity index (χ0v) is 18.9. The van der Waals surface area contributed by atoms with Crippen molar-refractivity contribution >= 4 is 34.8 Å². The maximum atomic E-state index is 12.7. The minimum atomic E-state index is -0.197. The van der Waals surface area contributed by atoms with Gasteiger partial charge in [-0.15, -0.1) is 0 Å². The summed E-state index contributed by atoms with van der Waals surface area (Å²) in [6.07, 6.45) is 4.89. The molecule has 1 aliphatic rings. The van der Waals surface area contributed by atoms with Crippen molar-refractivity contribution in [1.82, 2.24) is 4.90 Å². The molecule has 0 spiro atoms. The van der Waals surface area contributed by atoms with Gasteiger partial charge in [0, 0.05) is 42.1 Å². The Bertz CT molecular complexity index is 948. The van der Waals surface area contributed by atoms with Gasteiger partial charge in [0.05, 0.1) is 6.54 Å². The van der Waals surface area contributed by atoms with Crippen LogP contribution in [0.25, 0.3) is 0 Å². The Hall–Kier alpha value is -3.35. The molecule has 0 bridgehead atoms. The second-order valence-electron chi connectivity index (χ2n) is 8.07. The molecule has 0 radical (unpaired) electrons. The van der Waals surface area contributed by atoms with Crippen molar-refractivity contribution in [2.24, 2.45) is 0 Å². The average Bonchev–Trinajstić information content (AvgIpc) is 3.10. The van der Waals surface area contributed by atoms with Gasteiger partial charge in [0.2, 0.25) is 11.8 Å². The molecule has 1 saturated heterocycles. The predicted octanol–water partition coefficient (Wildman–Crippen LogP) is 4.41. The van der Waals surface area contributed by atoms with Crippen LogP contribution in [0.5, 0.6) is 0 Å². The lowest BCUT2D eigenvalue weighted by Crippen LogP contribution is -2.31. The smallest absolute Gasteiger partial charge is 0.253 e. The van der Waals surface area contributed by atoms with Crippen molar-refractivity contribution in [3.05, 3.63) is 53.6 Å². The summed E-state index contributed by atoms with van der Waals surface area (Å²) in [5.41, 5.74) is 3.59. The van der Waals surface area contributed by atoms with Crippen molar-refractivity contribution in [2.45, 2.75) is 46.0 Å². The summed E-state index contributed by atoms with van der Waals surface area (Å²) in [5.74, 6) is -0.200. The molecule has 0 aromatic heterocycles. The number of nitrogens with zero attached hydrogens (tertiary/aromatic N) is 1. The number of amides is 3. The van der Waals surface area contributed by atoms with Gasteiger partial charge in [0.15, 0.2) is 0 Å². The van der Waals surface area contributed by atoms with E-state index in [0.29, 0.717) is 23.4 Å². The number of hydrogen-bond acceptors (Lipinski definition) is 4. The molecule has 1 heterocycles. The fourth-order valence-corrected chi connectivity index (χ4v) is 3.71. The van der Waals surface area contributed by atoms with Gasteiger partial charge >= 0.3 is 0 Å². The number of likely N-dealkylation sites (tertiary alicyclic amines) is 1. The third-order valence-electron chi connectivity index (χ3n) is 5.68. The number of anilines is 3. The van der Waals surface area contributed by atoms with E-state index in [1.807, 2.05) is 30.0 Å². The van der Waals surface area contributed by atoms with E-state index in [0.717, 1.165) is 37.2 Å². The van der Waals surface area contributed by atoms with E-state index in [4.69, 9.17) is 0 Å². The molecule has 7 nitrogen and oxygen atoms in total. The molecule has 0 saturated carbocycles. The van der Waals surface area contributed by atoms with Gasteiger partial charge in [-0.25, -0.2) is 0 Å². The van der Waals surface area contributed by atoms with Crippen molar-refractivity contribution in [1.29, 1.82) is 0 Å². The van der Waals surface area contributed by atoms with Crippen molar-refractivity contribution in [3.8, 4) is 0 Å². The summed E-state index contributed by atoms with van der Waals surface area (Å²) in [6, 6.07) is 12.7. The number of rotatable bonds is 7. The number of carbonyl (C=O) groups excluding carboxylic acids is 3. The fraction of sp³-hybridized carbons (Fsp3) is 0.400. The van der Waals surface area contributed by atoms with E-state index in [1.165, 1.54) is 12.8 Å². The van der Waals surface area contributed by atoms with Crippen molar-refractivity contribution in [3.63, 3.8) is 0 Å². The van der Waals surface area contributed by atoms with Crippen LogP contribution in [0.3, 0.4) is 0 Å². The Morgan fingerprint density at radius 2 is 1.44 bits per heavy atom. The highest BCUT2D eigenvalue weighted by molar-refractivity contribution is 5.97. The van der Waals surface area contributed by atoms with Gasteiger partial charge in [0.25, 0.3) is 5.91 Å². The van der Waals surface area contributed by atoms with Gasteiger partial charge in [-0.05, 0) is 61.7 Å². The van der Waals surface area contributed by atoms with Crippen LogP contribution in [0, 0.1) is 6.92 Å². The molecule has 3 amide bonds. The monoisotopic (exact) mass is 436 g/mol. The lowest BCUT2D eigenvalue weighted by molar-refractivity contribution is -0.116. The Kier molecular flexibility index (Phi) is 8.25. The highest BCUT2D eigenvalue weighted by atomic mass is 16.2. The quantitative estimate of drug-likeness (QED) is 0.600. The highest BCUT2D eigenvalue weighted by Crippen LogP contribution is 2.23. The minimum absolute atomic E-state index is 0.0710. The normalized spacial score (nSPS) is 13.8. The van der Waals surface area contributed by atoms with Gasteiger partial charge in [-0.2, -0.15) is 0 Å². The first-order valence-corrected chi connectivity index (χ1v) is 11.3. The molecule has 1 aliphatic heterocycles. The maximum Gasteiger partial charge on any atom is 0.253 e. The third kappa shape index (κ3) is 6.33. The molecule has 32 heavy (non-hydrogen) atoms. The standard InChI is InChI=1S/C25H32N4O3/c1-3-23(30)27-21-9-8-10-22(18(21)2)28-24(31)17-26-20-13-11-19(12-14-20)25(32)29-15-6-4-5-7-16-29/h8-14,26H,3-7,15-17H2,1-2H3,(H,27,30)(H,28,31). The zero-order chi connectivity index (χ0) is 22.9. The predicted molar refractivity (Wildman–Crippen MR) is 128 cm³/mol. The largest absolute Gasteiger partial charge is 0.376 e. The molecule has 2 aromatic rings. The van der Waals surface area contributed by atoms with Gasteiger partial charge in [0.1, 0.15) is 0 Å². The SMILES string of the molecule is CCC(=O)Nc1cccc(NC(=O)CNc2ccc(C(=O)N3CCCCCC3)cc2)c1C. The third-order valence-corrected chi connectivity index (χ3v) is 5.68. The van der Waals surface area contributed by atoms with Crippen LogP contribution in [0.4, 0.5) is 17.1 Å². The summed E-state index contributed by atoms with van der Waals surface area (Å²) in [4.78, 5) is 38.7. The first-order valence-electron chi connectivity index (χ1n) is 11.3. The Morgan fingerprint density at radius 1 is 0.844 bits per heavy atom. The molecule has 0 aliphatic carbocycles. The average molecular weight is 437 g/mol. The summed E-state index contributed by atoms with van der Waals surface area (Å²) in [7, 11) is 0. The summed E-state index contributed by atoms with van der Waals surface area (Å²) in [5, 5.41) is 8.80. The molecule has 3 rings (SSSR count). The Morgan fingerprint density at radius 3 is 2.03 bits per heavy atom. The fourth-order valence-electron chi connectivity index (χ4n) is 3.71. The zero-order valence-electron chi connectivity index (χ0n) is 18.9. The van der Waals surface area contributed by atoms with Crippen molar-refractivity contribution in [2.75, 3.05) is 35.6 Å². The van der Waals surface area contributed by atoms with Crippen molar-refractivity contribution < 1.29 is 14.4 Å². The number of nitrogens with one attached hydrogen (secondary N) is 3. The van der Waals surface area contributed by atoms with Crippen LogP contribution in [-0.2, 0) is 9.59 Å². The van der Waals surface area contributed by atoms with Crippen LogP contribution in [-0.4, -0.2) is 42.3 Å². The molecular weight excluding hydrogens is 404 g/mol. The number of hydrogen-bond donors (Lipinski definition) is 3. The van der Waals surface area contributed by atoms with Crippen LogP contribution in [0.15, 0.2) is 42.5 Å². The number of carbonyl (C=O) groups is 3. The molecule has 0 unspecified atom stereocenters. The summed E-state index contributed by atoms with van der Waals surface area (Å²) >= 11 is 0. The lowest BCUT2D eigenvalue weighted by Gasteiger charge is -2.20. The molecule has 1 fully saturated rings. The highest BCUT2D eigenvalue weighted by Gasteiger charge is 2.17. The Labute approximate surface area is 189 Å². The number of benzene rings is 2. The van der Waals surface area contributed by atoms with E-state index >= 15 is 0 Å². The molecule has 0 atom stereocenters. The molecule has 170 valence electrons.